The Morgan fingerprint density at radius 2 is 1.25 bits per heavy atom. The number of hydrogen-bond acceptors (Lipinski definition) is 6. The third-order valence-corrected chi connectivity index (χ3v) is 13.0. The third kappa shape index (κ3) is 8.22. The van der Waals surface area contributed by atoms with Crippen molar-refractivity contribution in [2.45, 2.75) is 41.5 Å². The lowest BCUT2D eigenvalue weighted by atomic mass is 9.90. The molecule has 1 aromatic heterocycles. The smallest absolute Gasteiger partial charge is 0.293 e. The van der Waals surface area contributed by atoms with Crippen molar-refractivity contribution in [1.82, 2.24) is 0 Å². The number of allylic oxidation sites excluding steroid dienone is 5. The van der Waals surface area contributed by atoms with Crippen molar-refractivity contribution in [3.63, 3.8) is 0 Å². The van der Waals surface area contributed by atoms with Gasteiger partial charge in [-0.2, -0.15) is 9.84 Å². The number of para-hydroxylation sites is 5. The second-order valence-electron chi connectivity index (χ2n) is 15.8. The highest BCUT2D eigenvalue weighted by atomic mass is 32.1. The van der Waals surface area contributed by atoms with Crippen LogP contribution in [0.25, 0.3) is 16.7 Å². The van der Waals surface area contributed by atoms with E-state index in [1.165, 1.54) is 51.0 Å². The standard InChI is InChI=1S/C56H50N5O2S/c1-7-58(53-38(3)19-17-20-39(53)4)45-33-29-43(30-34-45)51(44-31-35-46(36-32-44)59(8-2)54-40(5)21-18-22-41(54)6)55-52(42-23-11-9-12-24-42)48(37-57)56(64-55)60(47-25-13-10-14-26-47)49-27-15-16-28-50(49)61(62)63/h9-36H,7-8H2,1-6H3/q+1. The van der Waals surface area contributed by atoms with E-state index < -0.39 is 0 Å². The molecule has 0 saturated carbocycles. The first-order valence-electron chi connectivity index (χ1n) is 21.6. The lowest BCUT2D eigenvalue weighted by Crippen LogP contribution is -2.18. The first-order chi connectivity index (χ1) is 31.1. The van der Waals surface area contributed by atoms with Gasteiger partial charge in [-0.1, -0.05) is 109 Å². The van der Waals surface area contributed by atoms with Gasteiger partial charge in [0.15, 0.2) is 0 Å². The molecule has 64 heavy (non-hydrogen) atoms. The predicted molar refractivity (Wildman–Crippen MR) is 267 cm³/mol. The van der Waals surface area contributed by atoms with E-state index in [-0.39, 0.29) is 10.6 Å². The number of nitro benzene ring substituents is 1. The van der Waals surface area contributed by atoms with E-state index in [4.69, 9.17) is 0 Å². The molecule has 8 rings (SSSR count). The maximum atomic E-state index is 12.7. The molecule has 1 aliphatic rings. The summed E-state index contributed by atoms with van der Waals surface area (Å²) < 4.78 is 2.35. The number of benzene rings is 6. The predicted octanol–water partition coefficient (Wildman–Crippen LogP) is 14.8. The number of rotatable bonds is 12. The molecule has 1 heterocycles. The maximum Gasteiger partial charge on any atom is 0.293 e. The van der Waals surface area contributed by atoms with Gasteiger partial charge in [-0.05, 0) is 112 Å². The van der Waals surface area contributed by atoms with Crippen molar-refractivity contribution in [1.29, 1.82) is 5.26 Å². The van der Waals surface area contributed by atoms with E-state index in [2.05, 4.69) is 142 Å². The Morgan fingerprint density at radius 3 is 1.83 bits per heavy atom. The number of hydrogen-bond donors (Lipinski definition) is 0. The van der Waals surface area contributed by atoms with Gasteiger partial charge in [-0.3, -0.25) is 15.0 Å². The van der Waals surface area contributed by atoms with E-state index in [9.17, 15) is 15.4 Å². The molecular weight excluding hydrogens is 807 g/mol. The summed E-state index contributed by atoms with van der Waals surface area (Å²) in [5, 5.41) is 24.6. The average Bonchev–Trinajstić information content (AvgIpc) is 3.68. The van der Waals surface area contributed by atoms with Gasteiger partial charge in [0, 0.05) is 69.0 Å². The quantitative estimate of drug-likeness (QED) is 0.0695. The molecule has 0 spiro atoms. The van der Waals surface area contributed by atoms with Crippen LogP contribution in [-0.2, 0) is 0 Å². The molecule has 0 saturated heterocycles. The van der Waals surface area contributed by atoms with E-state index >= 15 is 0 Å². The van der Waals surface area contributed by atoms with Crippen LogP contribution in [0.1, 0.15) is 52.1 Å². The number of nitrogens with zero attached hydrogens (tertiary/aromatic N) is 5. The van der Waals surface area contributed by atoms with E-state index in [1.54, 1.807) is 18.2 Å². The normalized spacial score (nSPS) is 12.0. The summed E-state index contributed by atoms with van der Waals surface area (Å²) >= 11 is 1.48. The molecule has 0 amide bonds. The summed E-state index contributed by atoms with van der Waals surface area (Å²) in [7, 11) is 0. The fourth-order valence-electron chi connectivity index (χ4n) is 8.93. The summed E-state index contributed by atoms with van der Waals surface area (Å²) in [6.07, 6.45) is 8.73. The van der Waals surface area contributed by atoms with Crippen molar-refractivity contribution in [2.24, 2.45) is 0 Å². The van der Waals surface area contributed by atoms with Crippen LogP contribution in [0.2, 0.25) is 0 Å². The van der Waals surface area contributed by atoms with E-state index in [0.29, 0.717) is 21.9 Å². The topological polar surface area (TPSA) is 76.4 Å². The zero-order valence-electron chi connectivity index (χ0n) is 37.0. The fraction of sp³-hybridized carbons (Fsp3) is 0.143. The Labute approximate surface area is 380 Å². The molecule has 8 heteroatoms. The Morgan fingerprint density at radius 1 is 0.672 bits per heavy atom. The summed E-state index contributed by atoms with van der Waals surface area (Å²) in [6.45, 7) is 14.6. The molecule has 1 aliphatic carbocycles. The van der Waals surface area contributed by atoms with Crippen molar-refractivity contribution in [3.05, 3.63) is 224 Å². The van der Waals surface area contributed by atoms with Gasteiger partial charge in [0.05, 0.1) is 10.5 Å². The van der Waals surface area contributed by atoms with E-state index in [0.717, 1.165) is 57.2 Å². The minimum absolute atomic E-state index is 0.0597. The number of thiophene rings is 1. The molecule has 0 bridgehead atoms. The SMILES string of the molecule is CCN(c1ccc(C(=C2C=CC(=[N+](CC)c3c(C)cccc3C)C=C2)c2sc(N(c3ccccc3)c3ccccc3[N+](=O)[O-])c(C#N)c2-c2ccccc2)cc1)c1c(C)cccc1C. The summed E-state index contributed by atoms with van der Waals surface area (Å²) in [6, 6.07) is 50.5. The molecule has 0 N–H and O–H groups in total. The molecule has 0 aliphatic heterocycles. The molecule has 0 fully saturated rings. The van der Waals surface area contributed by atoms with Crippen LogP contribution in [-0.4, -0.2) is 28.3 Å². The van der Waals surface area contributed by atoms with Crippen molar-refractivity contribution >= 4 is 61.7 Å². The largest absolute Gasteiger partial charge is 0.341 e. The van der Waals surface area contributed by atoms with Gasteiger partial charge in [-0.25, -0.2) is 0 Å². The number of nitriles is 1. The monoisotopic (exact) mass is 856 g/mol. The second kappa shape index (κ2) is 18.8. The molecule has 7 nitrogen and oxygen atoms in total. The average molecular weight is 857 g/mol. The van der Waals surface area contributed by atoms with Gasteiger partial charge < -0.3 is 4.90 Å². The molecule has 6 aromatic carbocycles. The molecule has 0 radical (unpaired) electrons. The zero-order chi connectivity index (χ0) is 44.9. The lowest BCUT2D eigenvalue weighted by Gasteiger charge is -2.27. The Bertz CT molecular complexity index is 2990. The highest BCUT2D eigenvalue weighted by Gasteiger charge is 2.32. The Balaban J connectivity index is 1.42. The Kier molecular flexibility index (Phi) is 12.6. The zero-order valence-corrected chi connectivity index (χ0v) is 37.9. The van der Waals surface area contributed by atoms with Crippen LogP contribution in [0.5, 0.6) is 0 Å². The van der Waals surface area contributed by atoms with Gasteiger partial charge in [0.1, 0.15) is 23.3 Å². The molecule has 0 unspecified atom stereocenters. The van der Waals surface area contributed by atoms with Gasteiger partial charge >= 0.3 is 0 Å². The second-order valence-corrected chi connectivity index (χ2v) is 16.8. The molecule has 316 valence electrons. The van der Waals surface area contributed by atoms with Crippen molar-refractivity contribution in [3.8, 4) is 17.2 Å². The summed E-state index contributed by atoms with van der Waals surface area (Å²) in [4.78, 5) is 17.4. The first kappa shape index (κ1) is 43.1. The number of aryl methyl sites for hydroxylation is 4. The highest BCUT2D eigenvalue weighted by Crippen LogP contribution is 2.52. The van der Waals surface area contributed by atoms with Crippen LogP contribution in [0.15, 0.2) is 175 Å². The van der Waals surface area contributed by atoms with Gasteiger partial charge in [0.2, 0.25) is 11.4 Å². The molecular formula is C56H50N5O2S+. The van der Waals surface area contributed by atoms with Crippen LogP contribution in [0, 0.1) is 49.1 Å². The third-order valence-electron chi connectivity index (χ3n) is 11.8. The van der Waals surface area contributed by atoms with Crippen LogP contribution >= 0.6 is 11.3 Å². The van der Waals surface area contributed by atoms with Gasteiger partial charge in [-0.15, -0.1) is 11.3 Å². The van der Waals surface area contributed by atoms with Gasteiger partial charge in [0.25, 0.3) is 5.69 Å². The van der Waals surface area contributed by atoms with Crippen LogP contribution in [0.3, 0.4) is 0 Å². The molecule has 0 atom stereocenters. The number of nitro groups is 1. The fourth-order valence-corrected chi connectivity index (χ4v) is 10.3. The summed E-state index contributed by atoms with van der Waals surface area (Å²) in [5.74, 6) is 0. The maximum absolute atomic E-state index is 12.7. The Hall–Kier alpha value is -7.60. The summed E-state index contributed by atoms with van der Waals surface area (Å²) in [5.41, 5.74) is 15.4. The number of anilines is 5. The lowest BCUT2D eigenvalue weighted by molar-refractivity contribution is -0.435. The van der Waals surface area contributed by atoms with Crippen molar-refractivity contribution < 1.29 is 9.50 Å². The first-order valence-corrected chi connectivity index (χ1v) is 22.4. The molecule has 7 aromatic rings. The van der Waals surface area contributed by atoms with Crippen molar-refractivity contribution in [2.75, 3.05) is 22.9 Å². The minimum Gasteiger partial charge on any atom is -0.341 e. The van der Waals surface area contributed by atoms with Crippen LogP contribution < -0.4 is 9.80 Å². The minimum atomic E-state index is -0.360. The van der Waals surface area contributed by atoms with Crippen LogP contribution in [0.4, 0.5) is 39.1 Å². The van der Waals surface area contributed by atoms with E-state index in [1.807, 2.05) is 65.6 Å². The highest BCUT2D eigenvalue weighted by molar-refractivity contribution is 7.18.